The van der Waals surface area contributed by atoms with Gasteiger partial charge in [0.05, 0.1) is 23.6 Å². The number of fused-ring (bicyclic) bond motifs is 1. The number of nitrogens with zero attached hydrogens (tertiary/aromatic N) is 3. The lowest BCUT2D eigenvalue weighted by Crippen LogP contribution is -2.35. The van der Waals surface area contributed by atoms with Gasteiger partial charge < -0.3 is 16.2 Å². The molecule has 2 atom stereocenters. The van der Waals surface area contributed by atoms with E-state index in [-0.39, 0.29) is 11.5 Å². The second-order valence-electron chi connectivity index (χ2n) is 6.81. The summed E-state index contributed by atoms with van der Waals surface area (Å²) < 4.78 is 0. The maximum atomic E-state index is 12.8. The number of aromatic nitrogens is 2. The van der Waals surface area contributed by atoms with Crippen LogP contribution < -0.4 is 11.1 Å². The monoisotopic (exact) mass is 363 g/mol. The Morgan fingerprint density at radius 1 is 1.30 bits per heavy atom. The average Bonchev–Trinajstić information content (AvgIpc) is 2.99. The van der Waals surface area contributed by atoms with Crippen LogP contribution in [0.1, 0.15) is 51.9 Å². The van der Waals surface area contributed by atoms with Crippen molar-refractivity contribution in [3.8, 4) is 0 Å². The first-order valence-electron chi connectivity index (χ1n) is 8.97. The minimum atomic E-state index is -0.677. The van der Waals surface area contributed by atoms with Gasteiger partial charge in [-0.25, -0.2) is 9.97 Å². The second kappa shape index (κ2) is 6.92. The minimum absolute atomic E-state index is 0.0612. The summed E-state index contributed by atoms with van der Waals surface area (Å²) in [6, 6.07) is 7.20. The molecule has 1 aromatic heterocycles. The fourth-order valence-electron chi connectivity index (χ4n) is 3.61. The molecule has 0 saturated heterocycles. The molecule has 7 heteroatoms. The number of aryl methyl sites for hydroxylation is 1. The number of allylic oxidation sites excluding steroid dienone is 1. The van der Waals surface area contributed by atoms with Gasteiger partial charge in [0.2, 0.25) is 0 Å². The van der Waals surface area contributed by atoms with E-state index < -0.39 is 18.1 Å². The molecule has 4 rings (SSSR count). The lowest BCUT2D eigenvalue weighted by atomic mass is 10.1. The Balaban J connectivity index is 1.60. The van der Waals surface area contributed by atoms with Gasteiger partial charge in [0.1, 0.15) is 5.69 Å². The van der Waals surface area contributed by atoms with Crippen LogP contribution in [0, 0.1) is 6.92 Å². The highest BCUT2D eigenvalue weighted by molar-refractivity contribution is 6.02. The highest BCUT2D eigenvalue weighted by atomic mass is 16.3. The SMILES string of the molecule is Cc1nc(C(=O)N[C@H]2c3ccccc3C[C@@H]2O)c(N)nc1C1=NC=CCC1. The molecule has 4 N–H and O–H groups in total. The van der Waals surface area contributed by atoms with E-state index in [2.05, 4.69) is 20.3 Å². The number of nitrogen functional groups attached to an aromatic ring is 1. The second-order valence-corrected chi connectivity index (χ2v) is 6.81. The highest BCUT2D eigenvalue weighted by Crippen LogP contribution is 2.31. The molecule has 0 spiro atoms. The number of aliphatic hydroxyl groups is 1. The Labute approximate surface area is 157 Å². The van der Waals surface area contributed by atoms with E-state index in [4.69, 9.17) is 5.73 Å². The van der Waals surface area contributed by atoms with Gasteiger partial charge in [0.25, 0.3) is 5.91 Å². The molecule has 1 aromatic carbocycles. The van der Waals surface area contributed by atoms with Crippen molar-refractivity contribution in [1.82, 2.24) is 15.3 Å². The van der Waals surface area contributed by atoms with Crippen LogP contribution in [-0.2, 0) is 6.42 Å². The quantitative estimate of drug-likeness (QED) is 0.770. The molecular weight excluding hydrogens is 342 g/mol. The maximum Gasteiger partial charge on any atom is 0.274 e. The van der Waals surface area contributed by atoms with Gasteiger partial charge in [0.15, 0.2) is 11.5 Å². The molecule has 0 radical (unpaired) electrons. The van der Waals surface area contributed by atoms with Crippen molar-refractivity contribution in [3.63, 3.8) is 0 Å². The predicted octanol–water partition coefficient (Wildman–Crippen LogP) is 1.85. The molecule has 27 heavy (non-hydrogen) atoms. The predicted molar refractivity (Wildman–Crippen MR) is 102 cm³/mol. The van der Waals surface area contributed by atoms with Crippen molar-refractivity contribution in [2.24, 2.45) is 4.99 Å². The third-order valence-corrected chi connectivity index (χ3v) is 4.96. The molecule has 1 aliphatic carbocycles. The van der Waals surface area contributed by atoms with Gasteiger partial charge in [-0.1, -0.05) is 30.3 Å². The summed E-state index contributed by atoms with van der Waals surface area (Å²) in [5, 5.41) is 13.2. The number of hydrogen-bond donors (Lipinski definition) is 3. The smallest absolute Gasteiger partial charge is 0.274 e. The maximum absolute atomic E-state index is 12.8. The molecule has 0 bridgehead atoms. The van der Waals surface area contributed by atoms with E-state index in [1.807, 2.05) is 30.3 Å². The number of nitrogens with two attached hydrogens (primary N) is 1. The first-order valence-corrected chi connectivity index (χ1v) is 8.97. The molecule has 0 saturated carbocycles. The summed E-state index contributed by atoms with van der Waals surface area (Å²) in [4.78, 5) is 25.9. The van der Waals surface area contributed by atoms with E-state index in [1.54, 1.807) is 13.1 Å². The molecule has 2 aliphatic rings. The Morgan fingerprint density at radius 2 is 2.11 bits per heavy atom. The summed E-state index contributed by atoms with van der Waals surface area (Å²) in [5.74, 6) is -0.382. The van der Waals surface area contributed by atoms with Gasteiger partial charge in [-0.05, 0) is 30.9 Å². The number of aliphatic hydroxyl groups excluding tert-OH is 1. The van der Waals surface area contributed by atoms with Crippen molar-refractivity contribution < 1.29 is 9.90 Å². The van der Waals surface area contributed by atoms with Crippen LogP contribution in [0.5, 0.6) is 0 Å². The summed E-state index contributed by atoms with van der Waals surface area (Å²) in [7, 11) is 0. The van der Waals surface area contributed by atoms with E-state index in [0.29, 0.717) is 17.8 Å². The highest BCUT2D eigenvalue weighted by Gasteiger charge is 2.33. The molecule has 1 amide bonds. The standard InChI is InChI=1S/C20H21N5O2/c1-11-16(14-8-4-5-9-22-14)24-19(21)18(23-11)20(27)25-17-13-7-3-2-6-12(13)10-15(17)26/h2-3,5-7,9,15,17,26H,4,8,10H2,1H3,(H2,21,24)(H,25,27)/t15-,17-/m0/s1. The Morgan fingerprint density at radius 3 is 2.89 bits per heavy atom. The van der Waals surface area contributed by atoms with Crippen LogP contribution in [0.25, 0.3) is 0 Å². The number of anilines is 1. The van der Waals surface area contributed by atoms with Crippen LogP contribution >= 0.6 is 0 Å². The summed E-state index contributed by atoms with van der Waals surface area (Å²) in [6.45, 7) is 1.79. The lowest BCUT2D eigenvalue weighted by Gasteiger charge is -2.19. The number of nitrogens with one attached hydrogen (secondary N) is 1. The van der Waals surface area contributed by atoms with E-state index in [9.17, 15) is 9.90 Å². The minimum Gasteiger partial charge on any atom is -0.390 e. The van der Waals surface area contributed by atoms with E-state index in [1.165, 1.54) is 0 Å². The van der Waals surface area contributed by atoms with E-state index in [0.717, 1.165) is 29.7 Å². The first kappa shape index (κ1) is 17.4. The zero-order valence-electron chi connectivity index (χ0n) is 15.0. The zero-order chi connectivity index (χ0) is 19.0. The zero-order valence-corrected chi connectivity index (χ0v) is 15.0. The molecule has 2 aromatic rings. The van der Waals surface area contributed by atoms with Crippen molar-refractivity contribution >= 4 is 17.4 Å². The van der Waals surface area contributed by atoms with Crippen molar-refractivity contribution in [3.05, 3.63) is 64.8 Å². The van der Waals surface area contributed by atoms with Gasteiger partial charge in [0, 0.05) is 12.6 Å². The van der Waals surface area contributed by atoms with Gasteiger partial charge in [-0.15, -0.1) is 0 Å². The molecule has 0 fully saturated rings. The molecular formula is C20H21N5O2. The molecule has 0 unspecified atom stereocenters. The van der Waals surface area contributed by atoms with Crippen molar-refractivity contribution in [2.75, 3.05) is 5.73 Å². The van der Waals surface area contributed by atoms with Crippen LogP contribution in [0.2, 0.25) is 0 Å². The van der Waals surface area contributed by atoms with Gasteiger partial charge in [-0.2, -0.15) is 0 Å². The summed E-state index contributed by atoms with van der Waals surface area (Å²) >= 11 is 0. The van der Waals surface area contributed by atoms with Crippen LogP contribution in [0.15, 0.2) is 41.5 Å². The van der Waals surface area contributed by atoms with Crippen LogP contribution in [0.3, 0.4) is 0 Å². The number of carbonyl (C=O) groups excluding carboxylic acids is 1. The van der Waals surface area contributed by atoms with Gasteiger partial charge >= 0.3 is 0 Å². The third-order valence-electron chi connectivity index (χ3n) is 4.96. The Bertz CT molecular complexity index is 967. The topological polar surface area (TPSA) is 113 Å². The number of benzene rings is 1. The summed E-state index contributed by atoms with van der Waals surface area (Å²) in [5.41, 5.74) is 10.1. The van der Waals surface area contributed by atoms with Crippen LogP contribution in [0.4, 0.5) is 5.82 Å². The fourth-order valence-corrected chi connectivity index (χ4v) is 3.61. The largest absolute Gasteiger partial charge is 0.390 e. The fraction of sp³-hybridized carbons (Fsp3) is 0.300. The molecule has 7 nitrogen and oxygen atoms in total. The average molecular weight is 363 g/mol. The Kier molecular flexibility index (Phi) is 4.45. The lowest BCUT2D eigenvalue weighted by molar-refractivity contribution is 0.0854. The van der Waals surface area contributed by atoms with Crippen molar-refractivity contribution in [1.29, 1.82) is 0 Å². The molecule has 1 aliphatic heterocycles. The number of hydrogen-bond acceptors (Lipinski definition) is 6. The number of amides is 1. The number of carbonyl (C=O) groups is 1. The normalized spacial score (nSPS) is 20.9. The van der Waals surface area contributed by atoms with Crippen LogP contribution in [-0.4, -0.2) is 32.8 Å². The summed E-state index contributed by atoms with van der Waals surface area (Å²) in [6.07, 6.45) is 5.22. The Hall–Kier alpha value is -3.06. The first-order chi connectivity index (χ1) is 13.0. The molecule has 2 heterocycles. The van der Waals surface area contributed by atoms with Gasteiger partial charge in [-0.3, -0.25) is 9.79 Å². The van der Waals surface area contributed by atoms with E-state index >= 15 is 0 Å². The number of rotatable bonds is 3. The third kappa shape index (κ3) is 3.21. The van der Waals surface area contributed by atoms with Crippen molar-refractivity contribution in [2.45, 2.75) is 38.3 Å². The molecule has 138 valence electrons. The number of aliphatic imine (C=N–C) groups is 1.